The number of aliphatic imine (C=N–C) groups is 1. The zero-order valence-corrected chi connectivity index (χ0v) is 19.4. The zero-order chi connectivity index (χ0) is 19.6. The lowest BCUT2D eigenvalue weighted by Gasteiger charge is -2.16. The van der Waals surface area contributed by atoms with Crippen molar-refractivity contribution in [3.8, 4) is 0 Å². The molecule has 0 radical (unpaired) electrons. The minimum atomic E-state index is -0.00320. The Morgan fingerprint density at radius 3 is 2.50 bits per heavy atom. The summed E-state index contributed by atoms with van der Waals surface area (Å²) in [6.45, 7) is 5.81. The molecule has 1 aliphatic heterocycles. The molecule has 1 fully saturated rings. The lowest BCUT2D eigenvalue weighted by Crippen LogP contribution is -2.39. The molecule has 8 heteroatoms. The van der Waals surface area contributed by atoms with Gasteiger partial charge in [-0.3, -0.25) is 9.59 Å². The van der Waals surface area contributed by atoms with Crippen LogP contribution in [0.3, 0.4) is 0 Å². The topological polar surface area (TPSA) is 77.0 Å². The number of hydrogen-bond donors (Lipinski definition) is 2. The van der Waals surface area contributed by atoms with Crippen LogP contribution < -0.4 is 10.6 Å². The standard InChI is InChI=1S/C20H31N5O2.HI/c1-4-21-20(22-12-6-14-25-13-5-7-18(25)26)23-15-16-8-10-17(11-9-16)19(27)24(2)3;/h8-11H,4-7,12-15H2,1-3H3,(H2,21,22,23);1H. The summed E-state index contributed by atoms with van der Waals surface area (Å²) in [5.41, 5.74) is 1.72. The van der Waals surface area contributed by atoms with Gasteiger partial charge in [0, 0.05) is 52.3 Å². The van der Waals surface area contributed by atoms with E-state index in [1.807, 2.05) is 36.1 Å². The van der Waals surface area contributed by atoms with Gasteiger partial charge >= 0.3 is 0 Å². The van der Waals surface area contributed by atoms with Gasteiger partial charge in [0.05, 0.1) is 6.54 Å². The number of carbonyl (C=O) groups excluding carboxylic acids is 2. The Kier molecular flexibility index (Phi) is 10.9. The van der Waals surface area contributed by atoms with Crippen molar-refractivity contribution in [2.45, 2.75) is 32.7 Å². The van der Waals surface area contributed by atoms with Gasteiger partial charge in [-0.1, -0.05) is 12.1 Å². The molecule has 1 saturated heterocycles. The van der Waals surface area contributed by atoms with Crippen LogP contribution in [0.4, 0.5) is 0 Å². The number of halogens is 1. The molecule has 0 spiro atoms. The van der Waals surface area contributed by atoms with Crippen molar-refractivity contribution in [1.82, 2.24) is 20.4 Å². The number of guanidine groups is 1. The average Bonchev–Trinajstić information content (AvgIpc) is 3.07. The van der Waals surface area contributed by atoms with Crippen LogP contribution in [0.25, 0.3) is 0 Å². The Labute approximate surface area is 185 Å². The fourth-order valence-corrected chi connectivity index (χ4v) is 2.94. The largest absolute Gasteiger partial charge is 0.357 e. The van der Waals surface area contributed by atoms with Crippen LogP contribution in [0.2, 0.25) is 0 Å². The second kappa shape index (κ2) is 12.6. The summed E-state index contributed by atoms with van der Waals surface area (Å²) < 4.78 is 0. The SMILES string of the molecule is CCNC(=NCc1ccc(C(=O)N(C)C)cc1)NCCCN1CCCC1=O.I. The Morgan fingerprint density at radius 2 is 1.93 bits per heavy atom. The van der Waals surface area contributed by atoms with E-state index in [-0.39, 0.29) is 35.8 Å². The third kappa shape index (κ3) is 7.65. The van der Waals surface area contributed by atoms with Crippen molar-refractivity contribution in [2.75, 3.05) is 40.3 Å². The minimum absolute atomic E-state index is 0. The van der Waals surface area contributed by atoms with Crippen molar-refractivity contribution in [2.24, 2.45) is 4.99 Å². The fraction of sp³-hybridized carbons (Fsp3) is 0.550. The molecule has 1 aromatic rings. The number of benzene rings is 1. The molecule has 1 heterocycles. The lowest BCUT2D eigenvalue weighted by atomic mass is 10.1. The highest BCUT2D eigenvalue weighted by Gasteiger charge is 2.18. The van der Waals surface area contributed by atoms with Gasteiger partial charge in [-0.15, -0.1) is 24.0 Å². The van der Waals surface area contributed by atoms with Crippen LogP contribution in [-0.2, 0) is 11.3 Å². The van der Waals surface area contributed by atoms with E-state index < -0.39 is 0 Å². The van der Waals surface area contributed by atoms with Crippen molar-refractivity contribution < 1.29 is 9.59 Å². The summed E-state index contributed by atoms with van der Waals surface area (Å²) in [5.74, 6) is 1.03. The van der Waals surface area contributed by atoms with Crippen LogP contribution >= 0.6 is 24.0 Å². The number of hydrogen-bond acceptors (Lipinski definition) is 3. The molecular weight excluding hydrogens is 469 g/mol. The molecule has 2 N–H and O–H groups in total. The van der Waals surface area contributed by atoms with Crippen molar-refractivity contribution >= 4 is 41.8 Å². The second-order valence-electron chi connectivity index (χ2n) is 6.86. The first kappa shape index (κ1) is 24.2. The predicted molar refractivity (Wildman–Crippen MR) is 123 cm³/mol. The highest BCUT2D eigenvalue weighted by atomic mass is 127. The molecule has 156 valence electrons. The van der Waals surface area contributed by atoms with Crippen molar-refractivity contribution in [1.29, 1.82) is 0 Å². The van der Waals surface area contributed by atoms with E-state index >= 15 is 0 Å². The first-order valence-electron chi connectivity index (χ1n) is 9.61. The first-order chi connectivity index (χ1) is 13.0. The second-order valence-corrected chi connectivity index (χ2v) is 6.86. The summed E-state index contributed by atoms with van der Waals surface area (Å²) in [7, 11) is 3.49. The molecule has 0 bridgehead atoms. The predicted octanol–water partition coefficient (Wildman–Crippen LogP) is 2.07. The smallest absolute Gasteiger partial charge is 0.253 e. The number of amides is 2. The van der Waals surface area contributed by atoms with Gasteiger partial charge in [0.1, 0.15) is 0 Å². The Hall–Kier alpha value is -1.84. The monoisotopic (exact) mass is 501 g/mol. The van der Waals surface area contributed by atoms with Gasteiger partial charge in [0.15, 0.2) is 5.96 Å². The molecule has 1 aromatic carbocycles. The normalized spacial score (nSPS) is 13.9. The van der Waals surface area contributed by atoms with Gasteiger partial charge in [-0.25, -0.2) is 4.99 Å². The molecule has 2 rings (SSSR count). The number of nitrogens with zero attached hydrogens (tertiary/aromatic N) is 3. The summed E-state index contributed by atoms with van der Waals surface area (Å²) in [5, 5.41) is 6.55. The number of carbonyl (C=O) groups is 2. The van der Waals surface area contributed by atoms with Crippen molar-refractivity contribution in [3.05, 3.63) is 35.4 Å². The lowest BCUT2D eigenvalue weighted by molar-refractivity contribution is -0.127. The average molecular weight is 501 g/mol. The Morgan fingerprint density at radius 1 is 1.21 bits per heavy atom. The molecule has 0 aromatic heterocycles. The highest BCUT2D eigenvalue weighted by Crippen LogP contribution is 2.09. The van der Waals surface area contributed by atoms with Crippen LogP contribution in [0, 0.1) is 0 Å². The van der Waals surface area contributed by atoms with E-state index in [9.17, 15) is 9.59 Å². The molecule has 28 heavy (non-hydrogen) atoms. The third-order valence-corrected chi connectivity index (χ3v) is 4.44. The van der Waals surface area contributed by atoms with E-state index in [0.717, 1.165) is 50.5 Å². The molecule has 0 saturated carbocycles. The maximum Gasteiger partial charge on any atom is 0.253 e. The van der Waals surface area contributed by atoms with Gasteiger partial charge in [-0.05, 0) is 37.5 Å². The number of nitrogens with one attached hydrogen (secondary N) is 2. The zero-order valence-electron chi connectivity index (χ0n) is 17.0. The maximum atomic E-state index is 11.9. The Bertz CT molecular complexity index is 661. The van der Waals surface area contributed by atoms with E-state index in [0.29, 0.717) is 18.5 Å². The summed E-state index contributed by atoms with van der Waals surface area (Å²) in [6.07, 6.45) is 2.57. The number of rotatable bonds is 8. The molecule has 0 unspecified atom stereocenters. The summed E-state index contributed by atoms with van der Waals surface area (Å²) in [4.78, 5) is 31.6. The molecular formula is C20H32IN5O2. The molecule has 7 nitrogen and oxygen atoms in total. The van der Waals surface area contributed by atoms with Gasteiger partial charge in [0.2, 0.25) is 5.91 Å². The summed E-state index contributed by atoms with van der Waals surface area (Å²) >= 11 is 0. The van der Waals surface area contributed by atoms with E-state index in [1.165, 1.54) is 0 Å². The van der Waals surface area contributed by atoms with Crippen LogP contribution in [0.5, 0.6) is 0 Å². The van der Waals surface area contributed by atoms with Crippen LogP contribution in [-0.4, -0.2) is 67.8 Å². The summed E-state index contributed by atoms with van der Waals surface area (Å²) in [6, 6.07) is 7.53. The molecule has 0 aliphatic carbocycles. The van der Waals surface area contributed by atoms with Crippen LogP contribution in [0.1, 0.15) is 42.1 Å². The van der Waals surface area contributed by atoms with Gasteiger partial charge < -0.3 is 20.4 Å². The van der Waals surface area contributed by atoms with Crippen LogP contribution in [0.15, 0.2) is 29.3 Å². The fourth-order valence-electron chi connectivity index (χ4n) is 2.94. The van der Waals surface area contributed by atoms with E-state index in [4.69, 9.17) is 0 Å². The van der Waals surface area contributed by atoms with Gasteiger partial charge in [-0.2, -0.15) is 0 Å². The minimum Gasteiger partial charge on any atom is -0.357 e. The molecule has 1 aliphatic rings. The number of likely N-dealkylation sites (tertiary alicyclic amines) is 1. The van der Waals surface area contributed by atoms with E-state index in [2.05, 4.69) is 15.6 Å². The molecule has 0 atom stereocenters. The molecule has 2 amide bonds. The Balaban J connectivity index is 0.00000392. The highest BCUT2D eigenvalue weighted by molar-refractivity contribution is 14.0. The maximum absolute atomic E-state index is 11.9. The first-order valence-corrected chi connectivity index (χ1v) is 9.61. The quantitative estimate of drug-likeness (QED) is 0.248. The van der Waals surface area contributed by atoms with Gasteiger partial charge in [0.25, 0.3) is 5.91 Å². The van der Waals surface area contributed by atoms with E-state index in [1.54, 1.807) is 19.0 Å². The third-order valence-electron chi connectivity index (χ3n) is 4.44. The van der Waals surface area contributed by atoms with Crippen molar-refractivity contribution in [3.63, 3.8) is 0 Å².